The lowest BCUT2D eigenvalue weighted by atomic mass is 9.97. The van der Waals surface area contributed by atoms with Crippen LogP contribution in [-0.2, 0) is 4.74 Å². The maximum absolute atomic E-state index is 6.51. The molecule has 1 aromatic carbocycles. The molecule has 1 fully saturated rings. The van der Waals surface area contributed by atoms with Crippen molar-refractivity contribution in [3.8, 4) is 0 Å². The van der Waals surface area contributed by atoms with E-state index >= 15 is 0 Å². The van der Waals surface area contributed by atoms with Crippen molar-refractivity contribution in [1.82, 2.24) is 9.88 Å². The van der Waals surface area contributed by atoms with Gasteiger partial charge in [-0.25, -0.2) is 0 Å². The zero-order chi connectivity index (χ0) is 14.8. The van der Waals surface area contributed by atoms with E-state index in [0.717, 1.165) is 30.6 Å². The number of benzene rings is 1. The molecular formula is C17H23N3O. The third-order valence-corrected chi connectivity index (χ3v) is 4.31. The summed E-state index contributed by atoms with van der Waals surface area (Å²) >= 11 is 0. The molecule has 2 atom stereocenters. The number of ether oxygens (including phenoxy) is 1. The van der Waals surface area contributed by atoms with E-state index < -0.39 is 0 Å². The highest BCUT2D eigenvalue weighted by Crippen LogP contribution is 2.26. The Morgan fingerprint density at radius 2 is 2.10 bits per heavy atom. The molecule has 0 amide bonds. The van der Waals surface area contributed by atoms with Crippen molar-refractivity contribution >= 4 is 10.8 Å². The molecule has 21 heavy (non-hydrogen) atoms. The van der Waals surface area contributed by atoms with E-state index in [4.69, 9.17) is 10.5 Å². The van der Waals surface area contributed by atoms with E-state index in [2.05, 4.69) is 35.9 Å². The van der Waals surface area contributed by atoms with Gasteiger partial charge in [0.05, 0.1) is 18.8 Å². The Balaban J connectivity index is 1.88. The number of nitrogens with zero attached hydrogens (tertiary/aromatic N) is 2. The lowest BCUT2D eigenvalue weighted by molar-refractivity contribution is -0.0501. The summed E-state index contributed by atoms with van der Waals surface area (Å²) in [5, 5.41) is 2.30. The zero-order valence-corrected chi connectivity index (χ0v) is 12.7. The van der Waals surface area contributed by atoms with Gasteiger partial charge in [-0.3, -0.25) is 9.88 Å². The van der Waals surface area contributed by atoms with E-state index in [9.17, 15) is 0 Å². The molecule has 0 bridgehead atoms. The van der Waals surface area contributed by atoms with Crippen LogP contribution in [0.2, 0.25) is 0 Å². The summed E-state index contributed by atoms with van der Waals surface area (Å²) in [6.07, 6.45) is 3.78. The number of morpholine rings is 1. The van der Waals surface area contributed by atoms with Crippen LogP contribution >= 0.6 is 0 Å². The van der Waals surface area contributed by atoms with Gasteiger partial charge in [-0.15, -0.1) is 0 Å². The molecule has 2 N–H and O–H groups in total. The summed E-state index contributed by atoms with van der Waals surface area (Å²) in [6, 6.07) is 8.62. The lowest BCUT2D eigenvalue weighted by Gasteiger charge is -2.38. The zero-order valence-electron chi connectivity index (χ0n) is 12.7. The van der Waals surface area contributed by atoms with Gasteiger partial charge in [-0.2, -0.15) is 0 Å². The molecular weight excluding hydrogens is 262 g/mol. The Morgan fingerprint density at radius 1 is 1.29 bits per heavy atom. The van der Waals surface area contributed by atoms with Crippen LogP contribution in [0.15, 0.2) is 36.7 Å². The summed E-state index contributed by atoms with van der Waals surface area (Å²) in [4.78, 5) is 6.76. The Morgan fingerprint density at radius 3 is 2.90 bits per heavy atom. The molecule has 2 heterocycles. The molecule has 4 nitrogen and oxygen atoms in total. The summed E-state index contributed by atoms with van der Waals surface area (Å²) in [5.41, 5.74) is 7.58. The fourth-order valence-electron chi connectivity index (χ4n) is 2.99. The third kappa shape index (κ3) is 2.93. The molecule has 3 rings (SSSR count). The molecule has 0 saturated carbocycles. The van der Waals surface area contributed by atoms with Crippen LogP contribution in [0, 0.1) is 0 Å². The molecule has 0 spiro atoms. The Labute approximate surface area is 125 Å². The van der Waals surface area contributed by atoms with E-state index in [1.165, 1.54) is 5.39 Å². The Kier molecular flexibility index (Phi) is 4.19. The first-order valence-electron chi connectivity index (χ1n) is 7.60. The summed E-state index contributed by atoms with van der Waals surface area (Å²) < 4.78 is 5.93. The van der Waals surface area contributed by atoms with Crippen molar-refractivity contribution in [2.45, 2.75) is 32.0 Å². The Hall–Kier alpha value is -1.49. The summed E-state index contributed by atoms with van der Waals surface area (Å²) in [5.74, 6) is 0. The summed E-state index contributed by atoms with van der Waals surface area (Å²) in [6.45, 7) is 7.03. The minimum absolute atomic E-state index is 0.0220. The molecule has 112 valence electrons. The van der Waals surface area contributed by atoms with Crippen LogP contribution in [0.4, 0.5) is 0 Å². The van der Waals surface area contributed by atoms with Gasteiger partial charge in [-0.1, -0.05) is 24.3 Å². The van der Waals surface area contributed by atoms with Gasteiger partial charge in [0.25, 0.3) is 0 Å². The smallest absolute Gasteiger partial charge is 0.0895 e. The topological polar surface area (TPSA) is 51.4 Å². The van der Waals surface area contributed by atoms with Crippen LogP contribution < -0.4 is 5.73 Å². The molecule has 1 aromatic heterocycles. The predicted molar refractivity (Wildman–Crippen MR) is 85.1 cm³/mol. The SMILES string of the molecule is CC(C)N1CCOC(C(N)c2cncc3ccccc23)C1. The highest BCUT2D eigenvalue weighted by molar-refractivity contribution is 5.85. The van der Waals surface area contributed by atoms with E-state index in [1.807, 2.05) is 24.5 Å². The highest BCUT2D eigenvalue weighted by Gasteiger charge is 2.28. The fraction of sp³-hybridized carbons (Fsp3) is 0.471. The van der Waals surface area contributed by atoms with Crippen LogP contribution in [0.5, 0.6) is 0 Å². The van der Waals surface area contributed by atoms with Crippen molar-refractivity contribution in [3.05, 3.63) is 42.2 Å². The van der Waals surface area contributed by atoms with Crippen molar-refractivity contribution in [1.29, 1.82) is 0 Å². The average Bonchev–Trinajstić information content (AvgIpc) is 2.53. The van der Waals surface area contributed by atoms with E-state index in [1.54, 1.807) is 0 Å². The van der Waals surface area contributed by atoms with E-state index in [-0.39, 0.29) is 12.1 Å². The number of pyridine rings is 1. The molecule has 0 aliphatic carbocycles. The second kappa shape index (κ2) is 6.10. The molecule has 1 aliphatic rings. The molecule has 2 unspecified atom stereocenters. The lowest BCUT2D eigenvalue weighted by Crippen LogP contribution is -2.49. The largest absolute Gasteiger partial charge is 0.374 e. The maximum atomic E-state index is 6.51. The van der Waals surface area contributed by atoms with Gasteiger partial charge < -0.3 is 10.5 Å². The quantitative estimate of drug-likeness (QED) is 0.940. The molecule has 1 saturated heterocycles. The van der Waals surface area contributed by atoms with Gasteiger partial charge in [0.15, 0.2) is 0 Å². The van der Waals surface area contributed by atoms with Crippen molar-refractivity contribution in [3.63, 3.8) is 0 Å². The first-order valence-corrected chi connectivity index (χ1v) is 7.60. The Bertz CT molecular complexity index is 609. The molecule has 1 aliphatic heterocycles. The average molecular weight is 285 g/mol. The van der Waals surface area contributed by atoms with Crippen molar-refractivity contribution in [2.75, 3.05) is 19.7 Å². The third-order valence-electron chi connectivity index (χ3n) is 4.31. The number of aromatic nitrogens is 1. The minimum Gasteiger partial charge on any atom is -0.374 e. The number of rotatable bonds is 3. The number of hydrogen-bond acceptors (Lipinski definition) is 4. The predicted octanol–water partition coefficient (Wildman–Crippen LogP) is 2.34. The summed E-state index contributed by atoms with van der Waals surface area (Å²) in [7, 11) is 0. The van der Waals surface area contributed by atoms with Gasteiger partial charge in [0.1, 0.15) is 0 Å². The number of fused-ring (bicyclic) bond motifs is 1. The molecule has 0 radical (unpaired) electrons. The standard InChI is InChI=1S/C17H23N3O/c1-12(2)20-7-8-21-16(11-20)17(18)15-10-19-9-13-5-3-4-6-14(13)15/h3-6,9-10,12,16-17H,7-8,11,18H2,1-2H3. The number of nitrogens with two attached hydrogens (primary N) is 1. The van der Waals surface area contributed by atoms with Crippen LogP contribution in [0.3, 0.4) is 0 Å². The first kappa shape index (κ1) is 14.4. The van der Waals surface area contributed by atoms with Gasteiger partial charge in [0.2, 0.25) is 0 Å². The van der Waals surface area contributed by atoms with Crippen LogP contribution in [-0.4, -0.2) is 41.7 Å². The normalized spacial score (nSPS) is 21.8. The monoisotopic (exact) mass is 285 g/mol. The van der Waals surface area contributed by atoms with Gasteiger partial charge >= 0.3 is 0 Å². The van der Waals surface area contributed by atoms with Crippen molar-refractivity contribution < 1.29 is 4.74 Å². The van der Waals surface area contributed by atoms with Crippen molar-refractivity contribution in [2.24, 2.45) is 5.73 Å². The van der Waals surface area contributed by atoms with Crippen LogP contribution in [0.25, 0.3) is 10.8 Å². The molecule has 2 aromatic rings. The van der Waals surface area contributed by atoms with Crippen LogP contribution in [0.1, 0.15) is 25.5 Å². The minimum atomic E-state index is -0.148. The second-order valence-corrected chi connectivity index (χ2v) is 5.97. The maximum Gasteiger partial charge on any atom is 0.0895 e. The number of hydrogen-bond donors (Lipinski definition) is 1. The van der Waals surface area contributed by atoms with Gasteiger partial charge in [-0.05, 0) is 24.8 Å². The first-order chi connectivity index (χ1) is 10.2. The van der Waals surface area contributed by atoms with Gasteiger partial charge in [0, 0.05) is 36.9 Å². The van der Waals surface area contributed by atoms with E-state index in [0.29, 0.717) is 6.04 Å². The fourth-order valence-corrected chi connectivity index (χ4v) is 2.99. The molecule has 4 heteroatoms. The second-order valence-electron chi connectivity index (χ2n) is 5.97. The highest BCUT2D eigenvalue weighted by atomic mass is 16.5.